The maximum absolute atomic E-state index is 12.9. The highest BCUT2D eigenvalue weighted by molar-refractivity contribution is 7.22. The highest BCUT2D eigenvalue weighted by Crippen LogP contribution is 2.31. The number of ether oxygens (including phenoxy) is 2. The van der Waals surface area contributed by atoms with Crippen LogP contribution in [0.2, 0.25) is 5.02 Å². The molecule has 4 aromatic rings. The first-order valence-electron chi connectivity index (χ1n) is 9.68. The van der Waals surface area contributed by atoms with Gasteiger partial charge >= 0.3 is 0 Å². The number of benzene rings is 2. The predicted octanol–water partition coefficient (Wildman–Crippen LogP) is 4.36. The van der Waals surface area contributed by atoms with Crippen molar-refractivity contribution in [2.75, 3.05) is 13.7 Å². The van der Waals surface area contributed by atoms with Crippen LogP contribution >= 0.6 is 22.9 Å². The van der Waals surface area contributed by atoms with Crippen molar-refractivity contribution in [1.29, 1.82) is 0 Å². The molecule has 8 heteroatoms. The number of thiophene rings is 1. The summed E-state index contributed by atoms with van der Waals surface area (Å²) in [6, 6.07) is 16.9. The molecule has 0 aliphatic heterocycles. The Morgan fingerprint density at radius 1 is 1.19 bits per heavy atom. The van der Waals surface area contributed by atoms with Gasteiger partial charge in [-0.2, -0.15) is 0 Å². The second-order valence-corrected chi connectivity index (χ2v) is 8.48. The van der Waals surface area contributed by atoms with E-state index in [1.54, 1.807) is 13.2 Å². The Balaban J connectivity index is 1.44. The maximum Gasteiger partial charge on any atom is 0.271 e. The van der Waals surface area contributed by atoms with Crippen molar-refractivity contribution >= 4 is 33.2 Å². The molecular formula is C23H21ClN2O4S. The number of halogens is 1. The van der Waals surface area contributed by atoms with Crippen molar-refractivity contribution in [1.82, 2.24) is 9.55 Å². The molecule has 0 saturated heterocycles. The fraction of sp³-hybridized carbons (Fsp3) is 0.217. The summed E-state index contributed by atoms with van der Waals surface area (Å²) in [4.78, 5) is 18.2. The van der Waals surface area contributed by atoms with Crippen LogP contribution in [0.4, 0.5) is 0 Å². The number of aromatic nitrogens is 2. The van der Waals surface area contributed by atoms with Crippen LogP contribution in [0.3, 0.4) is 0 Å². The normalized spacial score (nSPS) is 12.2. The van der Waals surface area contributed by atoms with Crippen LogP contribution in [0.15, 0.2) is 65.7 Å². The Morgan fingerprint density at radius 3 is 2.71 bits per heavy atom. The van der Waals surface area contributed by atoms with Crippen LogP contribution in [0, 0.1) is 0 Å². The van der Waals surface area contributed by atoms with E-state index in [4.69, 9.17) is 21.1 Å². The largest absolute Gasteiger partial charge is 0.497 e. The van der Waals surface area contributed by atoms with Gasteiger partial charge in [0.15, 0.2) is 0 Å². The standard InChI is InChI=1S/C23H21ClN2O4S/c1-29-18-8-6-15(7-9-18)21-10-20-22(31-21)23(28)26(14-25-20)11-17(27)13-30-12-16-4-2-3-5-19(16)24/h2-10,14,17,27H,11-13H2,1H3. The Kier molecular flexibility index (Phi) is 6.67. The lowest BCUT2D eigenvalue weighted by atomic mass is 10.2. The molecule has 0 bridgehead atoms. The van der Waals surface area contributed by atoms with E-state index in [1.807, 2.05) is 48.5 Å². The van der Waals surface area contributed by atoms with Gasteiger partial charge in [0, 0.05) is 9.90 Å². The number of nitrogens with zero attached hydrogens (tertiary/aromatic N) is 2. The molecule has 160 valence electrons. The van der Waals surface area contributed by atoms with Crippen LogP contribution in [0.5, 0.6) is 5.75 Å². The summed E-state index contributed by atoms with van der Waals surface area (Å²) < 4.78 is 12.7. The van der Waals surface area contributed by atoms with Crippen LogP contribution in [0.25, 0.3) is 20.7 Å². The third-order valence-electron chi connectivity index (χ3n) is 4.81. The topological polar surface area (TPSA) is 73.6 Å². The minimum absolute atomic E-state index is 0.0806. The van der Waals surface area contributed by atoms with Gasteiger partial charge in [-0.1, -0.05) is 29.8 Å². The lowest BCUT2D eigenvalue weighted by Crippen LogP contribution is -2.29. The zero-order valence-corrected chi connectivity index (χ0v) is 18.4. The summed E-state index contributed by atoms with van der Waals surface area (Å²) in [7, 11) is 1.62. The quantitative estimate of drug-likeness (QED) is 0.426. The minimum atomic E-state index is -0.847. The lowest BCUT2D eigenvalue weighted by Gasteiger charge is -2.13. The van der Waals surface area contributed by atoms with Gasteiger partial charge in [-0.3, -0.25) is 9.36 Å². The zero-order chi connectivity index (χ0) is 21.8. The third kappa shape index (κ3) is 4.97. The van der Waals surface area contributed by atoms with Gasteiger partial charge in [0.05, 0.1) is 44.8 Å². The second kappa shape index (κ2) is 9.62. The number of aliphatic hydroxyl groups excluding tert-OH is 1. The smallest absolute Gasteiger partial charge is 0.271 e. The van der Waals surface area contributed by atoms with Crippen LogP contribution in [-0.2, 0) is 17.9 Å². The van der Waals surface area contributed by atoms with E-state index >= 15 is 0 Å². The molecule has 0 spiro atoms. The van der Waals surface area contributed by atoms with Crippen molar-refractivity contribution in [3.05, 3.63) is 81.9 Å². The van der Waals surface area contributed by atoms with Gasteiger partial charge in [-0.15, -0.1) is 11.3 Å². The summed E-state index contributed by atoms with van der Waals surface area (Å²) in [6.07, 6.45) is 0.618. The average molecular weight is 457 g/mol. The molecule has 1 atom stereocenters. The fourth-order valence-electron chi connectivity index (χ4n) is 3.17. The third-order valence-corrected chi connectivity index (χ3v) is 6.34. The molecule has 2 aromatic heterocycles. The van der Waals surface area contributed by atoms with Gasteiger partial charge in [0.1, 0.15) is 10.4 Å². The van der Waals surface area contributed by atoms with Crippen molar-refractivity contribution < 1.29 is 14.6 Å². The highest BCUT2D eigenvalue weighted by atomic mass is 35.5. The summed E-state index contributed by atoms with van der Waals surface area (Å²) >= 11 is 7.49. The number of rotatable bonds is 8. The minimum Gasteiger partial charge on any atom is -0.497 e. The Morgan fingerprint density at radius 2 is 1.97 bits per heavy atom. The van der Waals surface area contributed by atoms with Crippen LogP contribution in [-0.4, -0.2) is 34.5 Å². The molecule has 2 aromatic carbocycles. The van der Waals surface area contributed by atoms with Gasteiger partial charge in [-0.25, -0.2) is 4.98 Å². The molecule has 0 saturated carbocycles. The van der Waals surface area contributed by atoms with E-state index in [2.05, 4.69) is 4.98 Å². The molecule has 0 amide bonds. The lowest BCUT2D eigenvalue weighted by molar-refractivity contribution is 0.0199. The molecule has 6 nitrogen and oxygen atoms in total. The van der Waals surface area contributed by atoms with E-state index in [0.29, 0.717) is 21.8 Å². The molecular weight excluding hydrogens is 436 g/mol. The highest BCUT2D eigenvalue weighted by Gasteiger charge is 2.13. The number of aliphatic hydroxyl groups is 1. The van der Waals surface area contributed by atoms with Crippen molar-refractivity contribution in [3.8, 4) is 16.2 Å². The molecule has 31 heavy (non-hydrogen) atoms. The predicted molar refractivity (Wildman–Crippen MR) is 123 cm³/mol. The monoisotopic (exact) mass is 456 g/mol. The first-order chi connectivity index (χ1) is 15.0. The number of methoxy groups -OCH3 is 1. The molecule has 4 rings (SSSR count). The molecule has 0 radical (unpaired) electrons. The molecule has 2 heterocycles. The Labute approximate surface area is 188 Å². The average Bonchev–Trinajstić information content (AvgIpc) is 3.22. The summed E-state index contributed by atoms with van der Waals surface area (Å²) in [5.41, 5.74) is 2.30. The first-order valence-corrected chi connectivity index (χ1v) is 10.9. The van der Waals surface area contributed by atoms with E-state index in [9.17, 15) is 9.90 Å². The molecule has 1 unspecified atom stereocenters. The van der Waals surface area contributed by atoms with E-state index in [-0.39, 0.29) is 18.7 Å². The fourth-order valence-corrected chi connectivity index (χ4v) is 4.43. The maximum atomic E-state index is 12.9. The second-order valence-electron chi connectivity index (χ2n) is 7.02. The summed E-state index contributed by atoms with van der Waals surface area (Å²) in [5, 5.41) is 10.9. The van der Waals surface area contributed by atoms with Crippen molar-refractivity contribution in [2.24, 2.45) is 0 Å². The number of fused-ring (bicyclic) bond motifs is 1. The first kappa shape index (κ1) is 21.5. The van der Waals surface area contributed by atoms with Gasteiger partial charge in [0.25, 0.3) is 5.56 Å². The SMILES string of the molecule is COc1ccc(-c2cc3ncn(CC(O)COCc4ccccc4Cl)c(=O)c3s2)cc1. The Bertz CT molecular complexity index is 1240. The van der Waals surface area contributed by atoms with Gasteiger partial charge in [0.2, 0.25) is 0 Å². The molecule has 0 fully saturated rings. The molecule has 1 N–H and O–H groups in total. The van der Waals surface area contributed by atoms with Gasteiger partial charge < -0.3 is 14.6 Å². The van der Waals surface area contributed by atoms with Crippen molar-refractivity contribution in [3.63, 3.8) is 0 Å². The number of hydrogen-bond donors (Lipinski definition) is 1. The van der Waals surface area contributed by atoms with Gasteiger partial charge in [-0.05, 0) is 47.5 Å². The molecule has 0 aliphatic carbocycles. The van der Waals surface area contributed by atoms with E-state index in [1.165, 1.54) is 22.2 Å². The molecule has 0 aliphatic rings. The summed E-state index contributed by atoms with van der Waals surface area (Å²) in [6.45, 7) is 0.469. The summed E-state index contributed by atoms with van der Waals surface area (Å²) in [5.74, 6) is 0.774. The van der Waals surface area contributed by atoms with E-state index < -0.39 is 6.10 Å². The van der Waals surface area contributed by atoms with Crippen molar-refractivity contribution in [2.45, 2.75) is 19.3 Å². The zero-order valence-electron chi connectivity index (χ0n) is 16.8. The Hall–Kier alpha value is -2.71. The van der Waals surface area contributed by atoms with Crippen LogP contribution in [0.1, 0.15) is 5.56 Å². The van der Waals surface area contributed by atoms with Crippen LogP contribution < -0.4 is 10.3 Å². The van der Waals surface area contributed by atoms with E-state index in [0.717, 1.165) is 21.8 Å². The number of hydrogen-bond acceptors (Lipinski definition) is 6.